The van der Waals surface area contributed by atoms with Crippen molar-refractivity contribution in [2.24, 2.45) is 0 Å². The van der Waals surface area contributed by atoms with Crippen molar-refractivity contribution in [3.05, 3.63) is 0 Å². The summed E-state index contributed by atoms with van der Waals surface area (Å²) in [7, 11) is 0. The number of hydrogen-bond acceptors (Lipinski definition) is 4. The molecule has 0 fully saturated rings. The van der Waals surface area contributed by atoms with E-state index >= 15 is 0 Å². The first-order chi connectivity index (χ1) is 13.5. The number of aliphatic hydroxyl groups is 4. The molecule has 0 amide bonds. The van der Waals surface area contributed by atoms with Crippen LogP contribution >= 0.6 is 0 Å². The van der Waals surface area contributed by atoms with Crippen molar-refractivity contribution in [1.29, 1.82) is 0 Å². The largest absolute Gasteiger partial charge is 0.368 e. The summed E-state index contributed by atoms with van der Waals surface area (Å²) in [5.74, 6) is 0. The summed E-state index contributed by atoms with van der Waals surface area (Å²) in [6, 6.07) is 0. The van der Waals surface area contributed by atoms with Gasteiger partial charge in [-0.1, -0.05) is 117 Å². The van der Waals surface area contributed by atoms with Crippen LogP contribution in [0.4, 0.5) is 0 Å². The van der Waals surface area contributed by atoms with E-state index in [1.165, 1.54) is 89.9 Å². The van der Waals surface area contributed by atoms with Gasteiger partial charge in [0.25, 0.3) is 0 Å². The minimum absolute atomic E-state index is 0.538. The van der Waals surface area contributed by atoms with E-state index in [1.54, 1.807) is 0 Å². The average molecular weight is 405 g/mol. The Labute approximate surface area is 175 Å². The molecule has 172 valence electrons. The predicted octanol–water partition coefficient (Wildman–Crippen LogP) is 6.44. The maximum atomic E-state index is 8.61. The van der Waals surface area contributed by atoms with Gasteiger partial charge in [-0.25, -0.2) is 0 Å². The second-order valence-electron chi connectivity index (χ2n) is 8.20. The molecule has 4 heteroatoms. The standard InChI is InChI=1S/2C12H26O2/c2*1-2-3-4-5-6-7-8-9-10-11-12(13)14/h2*12-14H,2-11H2,1H3. The molecule has 0 saturated heterocycles. The molecule has 0 aromatic heterocycles. The molecule has 0 aliphatic heterocycles. The molecule has 0 aliphatic carbocycles. The third kappa shape index (κ3) is 33.4. The summed E-state index contributed by atoms with van der Waals surface area (Å²) in [5.41, 5.74) is 0. The smallest absolute Gasteiger partial charge is 0.151 e. The van der Waals surface area contributed by atoms with E-state index in [1.807, 2.05) is 0 Å². The van der Waals surface area contributed by atoms with Gasteiger partial charge in [-0.05, 0) is 25.7 Å². The number of aliphatic hydroxyl groups excluding tert-OH is 2. The summed E-state index contributed by atoms with van der Waals surface area (Å²) >= 11 is 0. The van der Waals surface area contributed by atoms with E-state index in [-0.39, 0.29) is 0 Å². The molecule has 0 rings (SSSR count). The van der Waals surface area contributed by atoms with Crippen LogP contribution in [0.15, 0.2) is 0 Å². The fraction of sp³-hybridized carbons (Fsp3) is 1.00. The van der Waals surface area contributed by atoms with Crippen LogP contribution in [-0.2, 0) is 0 Å². The molecular weight excluding hydrogens is 352 g/mol. The zero-order chi connectivity index (χ0) is 21.3. The highest BCUT2D eigenvalue weighted by Crippen LogP contribution is 2.11. The van der Waals surface area contributed by atoms with Crippen molar-refractivity contribution in [1.82, 2.24) is 0 Å². The van der Waals surface area contributed by atoms with Gasteiger partial charge in [0.1, 0.15) is 0 Å². The Morgan fingerprint density at radius 1 is 0.357 bits per heavy atom. The van der Waals surface area contributed by atoms with E-state index in [2.05, 4.69) is 13.8 Å². The Bertz CT molecular complexity index is 231. The van der Waals surface area contributed by atoms with Gasteiger partial charge in [0.05, 0.1) is 0 Å². The normalized spacial score (nSPS) is 11.1. The first-order valence-electron chi connectivity index (χ1n) is 12.3. The summed E-state index contributed by atoms with van der Waals surface area (Å²) < 4.78 is 0. The van der Waals surface area contributed by atoms with Crippen molar-refractivity contribution in [3.63, 3.8) is 0 Å². The lowest BCUT2D eigenvalue weighted by atomic mass is 10.1. The van der Waals surface area contributed by atoms with Crippen molar-refractivity contribution in [2.75, 3.05) is 0 Å². The molecule has 0 spiro atoms. The molecule has 0 aromatic rings. The van der Waals surface area contributed by atoms with Crippen LogP contribution in [0.3, 0.4) is 0 Å². The Morgan fingerprint density at radius 2 is 0.571 bits per heavy atom. The van der Waals surface area contributed by atoms with Crippen molar-refractivity contribution >= 4 is 0 Å². The minimum atomic E-state index is -1.10. The minimum Gasteiger partial charge on any atom is -0.368 e. The molecule has 0 radical (unpaired) electrons. The second kappa shape index (κ2) is 26.8. The molecule has 0 saturated carbocycles. The molecule has 0 unspecified atom stereocenters. The highest BCUT2D eigenvalue weighted by atomic mass is 16.5. The van der Waals surface area contributed by atoms with Gasteiger partial charge < -0.3 is 20.4 Å². The zero-order valence-corrected chi connectivity index (χ0v) is 19.1. The molecule has 0 atom stereocenters. The Kier molecular flexibility index (Phi) is 28.8. The fourth-order valence-electron chi connectivity index (χ4n) is 3.28. The third-order valence-electron chi connectivity index (χ3n) is 5.13. The quantitative estimate of drug-likeness (QED) is 0.139. The number of hydrogen-bond donors (Lipinski definition) is 4. The molecule has 4 nitrogen and oxygen atoms in total. The topological polar surface area (TPSA) is 80.9 Å². The van der Waals surface area contributed by atoms with Crippen molar-refractivity contribution in [3.8, 4) is 0 Å². The van der Waals surface area contributed by atoms with Crippen molar-refractivity contribution in [2.45, 2.75) is 155 Å². The summed E-state index contributed by atoms with van der Waals surface area (Å²) in [4.78, 5) is 0. The SMILES string of the molecule is CCCCCCCCCCCC(O)O.CCCCCCCCCCCC(O)O. The summed E-state index contributed by atoms with van der Waals surface area (Å²) in [6.07, 6.45) is 21.8. The highest BCUT2D eigenvalue weighted by molar-refractivity contribution is 4.48. The van der Waals surface area contributed by atoms with Crippen LogP contribution < -0.4 is 0 Å². The maximum Gasteiger partial charge on any atom is 0.151 e. The summed E-state index contributed by atoms with van der Waals surface area (Å²) in [5, 5.41) is 34.4. The third-order valence-corrected chi connectivity index (χ3v) is 5.13. The van der Waals surface area contributed by atoms with E-state index in [4.69, 9.17) is 20.4 Å². The summed E-state index contributed by atoms with van der Waals surface area (Å²) in [6.45, 7) is 4.47. The van der Waals surface area contributed by atoms with Gasteiger partial charge in [0.15, 0.2) is 12.6 Å². The van der Waals surface area contributed by atoms with Crippen molar-refractivity contribution < 1.29 is 20.4 Å². The predicted molar refractivity (Wildman–Crippen MR) is 120 cm³/mol. The van der Waals surface area contributed by atoms with Crippen LogP contribution in [0.2, 0.25) is 0 Å². The number of rotatable bonds is 20. The van der Waals surface area contributed by atoms with Crippen LogP contribution in [0.5, 0.6) is 0 Å². The average Bonchev–Trinajstić information content (AvgIpc) is 2.65. The van der Waals surface area contributed by atoms with Crippen LogP contribution in [0.1, 0.15) is 142 Å². The maximum absolute atomic E-state index is 8.61. The monoisotopic (exact) mass is 404 g/mol. The first-order valence-corrected chi connectivity index (χ1v) is 12.3. The molecule has 0 heterocycles. The van der Waals surface area contributed by atoms with Gasteiger partial charge >= 0.3 is 0 Å². The molecule has 0 aromatic carbocycles. The Hall–Kier alpha value is -0.160. The Balaban J connectivity index is 0. The second-order valence-corrected chi connectivity index (χ2v) is 8.20. The van der Waals surface area contributed by atoms with Gasteiger partial charge in [0.2, 0.25) is 0 Å². The van der Waals surface area contributed by atoms with E-state index < -0.39 is 12.6 Å². The molecule has 0 aliphatic rings. The lowest BCUT2D eigenvalue weighted by Crippen LogP contribution is -2.02. The lowest BCUT2D eigenvalue weighted by Gasteiger charge is -2.03. The molecule has 0 bridgehead atoms. The first kappa shape index (κ1) is 30.0. The van der Waals surface area contributed by atoms with Gasteiger partial charge in [0, 0.05) is 0 Å². The number of unbranched alkanes of at least 4 members (excludes halogenated alkanes) is 16. The highest BCUT2D eigenvalue weighted by Gasteiger charge is 1.97. The molecule has 28 heavy (non-hydrogen) atoms. The van der Waals surface area contributed by atoms with Gasteiger partial charge in [-0.2, -0.15) is 0 Å². The van der Waals surface area contributed by atoms with Gasteiger partial charge in [-0.15, -0.1) is 0 Å². The van der Waals surface area contributed by atoms with E-state index in [0.29, 0.717) is 12.8 Å². The lowest BCUT2D eigenvalue weighted by molar-refractivity contribution is -0.0472. The van der Waals surface area contributed by atoms with E-state index in [9.17, 15) is 0 Å². The molecule has 4 N–H and O–H groups in total. The fourth-order valence-corrected chi connectivity index (χ4v) is 3.28. The molecular formula is C24H52O4. The van der Waals surface area contributed by atoms with E-state index in [0.717, 1.165) is 25.7 Å². The van der Waals surface area contributed by atoms with Crippen LogP contribution in [0, 0.1) is 0 Å². The van der Waals surface area contributed by atoms with Crippen LogP contribution in [-0.4, -0.2) is 33.0 Å². The zero-order valence-electron chi connectivity index (χ0n) is 19.1. The van der Waals surface area contributed by atoms with Gasteiger partial charge in [-0.3, -0.25) is 0 Å². The Morgan fingerprint density at radius 3 is 0.786 bits per heavy atom. The van der Waals surface area contributed by atoms with Crippen LogP contribution in [0.25, 0.3) is 0 Å².